The van der Waals surface area contributed by atoms with Crippen molar-refractivity contribution in [3.63, 3.8) is 0 Å². The molecule has 13 aromatic rings. The predicted octanol–water partition coefficient (Wildman–Crippen LogP) is 18.5. The van der Waals surface area contributed by atoms with Gasteiger partial charge in [-0.3, -0.25) is 0 Å². The van der Waals surface area contributed by atoms with E-state index in [9.17, 15) is 0 Å². The van der Waals surface area contributed by atoms with E-state index in [1.165, 1.54) is 60.0 Å². The van der Waals surface area contributed by atoms with Crippen LogP contribution in [-0.2, 0) is 5.41 Å². The van der Waals surface area contributed by atoms with Crippen LogP contribution in [0.2, 0.25) is 0 Å². The van der Waals surface area contributed by atoms with Crippen LogP contribution in [0.4, 0.5) is 0 Å². The number of aromatic nitrogens is 3. The van der Waals surface area contributed by atoms with Crippen molar-refractivity contribution in [1.29, 1.82) is 0 Å². The molecule has 0 fully saturated rings. The van der Waals surface area contributed by atoms with E-state index in [1.807, 2.05) is 0 Å². The van der Waals surface area contributed by atoms with Gasteiger partial charge in [-0.25, -0.2) is 15.0 Å². The molecule has 1 heterocycles. The van der Waals surface area contributed by atoms with Crippen molar-refractivity contribution in [2.45, 2.75) is 19.3 Å². The molecule has 0 bridgehead atoms. The average Bonchev–Trinajstić information content (AvgIpc) is 3.70. The summed E-state index contributed by atoms with van der Waals surface area (Å²) in [6.45, 7) is 4.77. The second kappa shape index (κ2) is 16.9. The predicted molar refractivity (Wildman–Crippen MR) is 305 cm³/mol. The molecule has 0 saturated heterocycles. The Hall–Kier alpha value is -9.31. The van der Waals surface area contributed by atoms with Crippen molar-refractivity contribution in [3.8, 4) is 89.8 Å². The Bertz CT molecular complexity index is 4050. The lowest BCUT2D eigenvalue weighted by Gasteiger charge is -2.23. The Balaban J connectivity index is 1.04. The molecule has 0 spiro atoms. The summed E-state index contributed by atoms with van der Waals surface area (Å²) in [6.07, 6.45) is 0. The van der Waals surface area contributed by atoms with Crippen LogP contribution < -0.4 is 0 Å². The topological polar surface area (TPSA) is 38.7 Å². The standard InChI is InChI=1S/C70H47N3/c1-70(2)64-42-61-57-32-18-16-30-55(57)54-29-15-17-31-56(54)60(61)41-63(64)66-59-34-20-19-33-58(59)62(43-65(66)70)69-72-67(52-37-48(44-21-7-3-8-22-44)35-49(38-52)45-23-9-4-10-24-45)71-68(73-69)53-39-50(46-25-11-5-12-26-46)36-51(40-53)47-27-13-6-14-28-47/h3-43H,1-2H3. The zero-order valence-corrected chi connectivity index (χ0v) is 40.5. The maximum absolute atomic E-state index is 5.59. The Kier molecular flexibility index (Phi) is 9.87. The van der Waals surface area contributed by atoms with Gasteiger partial charge in [0.15, 0.2) is 17.5 Å². The van der Waals surface area contributed by atoms with Gasteiger partial charge in [0.2, 0.25) is 0 Å². The molecule has 0 atom stereocenters. The Morgan fingerprint density at radius 1 is 0.233 bits per heavy atom. The van der Waals surface area contributed by atoms with Gasteiger partial charge in [0.05, 0.1) is 0 Å². The van der Waals surface area contributed by atoms with E-state index in [0.717, 1.165) is 66.6 Å². The lowest BCUT2D eigenvalue weighted by molar-refractivity contribution is 0.662. The van der Waals surface area contributed by atoms with Crippen LogP contribution in [0.1, 0.15) is 25.0 Å². The fraction of sp³-hybridized carbons (Fsp3) is 0.0429. The number of nitrogens with zero attached hydrogens (tertiary/aromatic N) is 3. The molecule has 1 aliphatic rings. The summed E-state index contributed by atoms with van der Waals surface area (Å²) >= 11 is 0. The first kappa shape index (κ1) is 42.6. The quantitative estimate of drug-likeness (QED) is 0.150. The van der Waals surface area contributed by atoms with Crippen molar-refractivity contribution in [2.75, 3.05) is 0 Å². The first-order valence-corrected chi connectivity index (χ1v) is 25.2. The van der Waals surface area contributed by atoms with Gasteiger partial charge in [-0.1, -0.05) is 208 Å². The minimum atomic E-state index is -0.341. The van der Waals surface area contributed by atoms with E-state index in [4.69, 9.17) is 15.0 Å². The van der Waals surface area contributed by atoms with E-state index in [2.05, 4.69) is 263 Å². The highest BCUT2D eigenvalue weighted by molar-refractivity contribution is 6.26. The highest BCUT2D eigenvalue weighted by Crippen LogP contribution is 2.55. The third kappa shape index (κ3) is 7.15. The Morgan fingerprint density at radius 3 is 0.986 bits per heavy atom. The number of rotatable bonds is 7. The van der Waals surface area contributed by atoms with Gasteiger partial charge in [-0.2, -0.15) is 0 Å². The smallest absolute Gasteiger partial charge is 0.164 e. The fourth-order valence-electron chi connectivity index (χ4n) is 11.6. The largest absolute Gasteiger partial charge is 0.208 e. The molecule has 0 radical (unpaired) electrons. The molecule has 0 amide bonds. The average molecular weight is 930 g/mol. The second-order valence-corrected chi connectivity index (χ2v) is 19.9. The molecule has 14 rings (SSSR count). The number of hydrogen-bond acceptors (Lipinski definition) is 3. The zero-order chi connectivity index (χ0) is 48.6. The summed E-state index contributed by atoms with van der Waals surface area (Å²) in [5.41, 5.74) is 16.5. The van der Waals surface area contributed by atoms with Crippen molar-refractivity contribution < 1.29 is 0 Å². The van der Waals surface area contributed by atoms with Gasteiger partial charge >= 0.3 is 0 Å². The molecule has 0 unspecified atom stereocenters. The highest BCUT2D eigenvalue weighted by Gasteiger charge is 2.38. The SMILES string of the molecule is CC1(C)c2cc3c4ccccc4c4ccccc4c3cc2-c2c1cc(-c1nc(-c3cc(-c4ccccc4)cc(-c4ccccc4)c3)nc(-c3cc(-c4ccccc4)cc(-c4ccccc4)c3)n1)c1ccccc21. The molecule has 0 N–H and O–H groups in total. The molecule has 1 aromatic heterocycles. The number of hydrogen-bond donors (Lipinski definition) is 0. The molecule has 3 nitrogen and oxygen atoms in total. The molecule has 1 aliphatic carbocycles. The van der Waals surface area contributed by atoms with Crippen molar-refractivity contribution in [2.24, 2.45) is 0 Å². The van der Waals surface area contributed by atoms with E-state index in [0.29, 0.717) is 17.5 Å². The molecular weight excluding hydrogens is 883 g/mol. The van der Waals surface area contributed by atoms with Gasteiger partial charge in [0, 0.05) is 22.1 Å². The van der Waals surface area contributed by atoms with Gasteiger partial charge in [-0.05, 0) is 164 Å². The Labute approximate surface area is 424 Å². The third-order valence-electron chi connectivity index (χ3n) is 15.2. The first-order chi connectivity index (χ1) is 35.9. The van der Waals surface area contributed by atoms with Gasteiger partial charge in [0.1, 0.15) is 0 Å². The summed E-state index contributed by atoms with van der Waals surface area (Å²) < 4.78 is 0. The minimum Gasteiger partial charge on any atom is -0.208 e. The maximum Gasteiger partial charge on any atom is 0.164 e. The van der Waals surface area contributed by atoms with E-state index < -0.39 is 0 Å². The normalized spacial score (nSPS) is 12.6. The second-order valence-electron chi connectivity index (χ2n) is 19.9. The minimum absolute atomic E-state index is 0.341. The van der Waals surface area contributed by atoms with Crippen LogP contribution in [0.15, 0.2) is 249 Å². The molecule has 3 heteroatoms. The van der Waals surface area contributed by atoms with Gasteiger partial charge in [-0.15, -0.1) is 0 Å². The van der Waals surface area contributed by atoms with Crippen LogP contribution in [0, 0.1) is 0 Å². The van der Waals surface area contributed by atoms with Crippen LogP contribution in [-0.4, -0.2) is 15.0 Å². The summed E-state index contributed by atoms with van der Waals surface area (Å²) in [6, 6.07) is 89.8. The van der Waals surface area contributed by atoms with Crippen LogP contribution in [0.3, 0.4) is 0 Å². The highest BCUT2D eigenvalue weighted by atomic mass is 15.0. The van der Waals surface area contributed by atoms with E-state index in [-0.39, 0.29) is 5.41 Å². The summed E-state index contributed by atoms with van der Waals surface area (Å²) in [5.74, 6) is 1.85. The molecule has 12 aromatic carbocycles. The van der Waals surface area contributed by atoms with Gasteiger partial charge in [0.25, 0.3) is 0 Å². The van der Waals surface area contributed by atoms with Crippen LogP contribution in [0.5, 0.6) is 0 Å². The van der Waals surface area contributed by atoms with Crippen molar-refractivity contribution >= 4 is 43.1 Å². The van der Waals surface area contributed by atoms with Crippen molar-refractivity contribution in [1.82, 2.24) is 15.0 Å². The molecule has 73 heavy (non-hydrogen) atoms. The van der Waals surface area contributed by atoms with E-state index in [1.54, 1.807) is 0 Å². The summed E-state index contributed by atoms with van der Waals surface area (Å²) in [5, 5.41) is 9.95. The lowest BCUT2D eigenvalue weighted by Crippen LogP contribution is -2.15. The zero-order valence-electron chi connectivity index (χ0n) is 40.5. The molecule has 0 aliphatic heterocycles. The molecular formula is C70H47N3. The lowest BCUT2D eigenvalue weighted by atomic mass is 9.80. The number of benzene rings is 12. The van der Waals surface area contributed by atoms with Crippen LogP contribution in [0.25, 0.3) is 133 Å². The summed E-state index contributed by atoms with van der Waals surface area (Å²) in [4.78, 5) is 16.7. The first-order valence-electron chi connectivity index (χ1n) is 25.2. The van der Waals surface area contributed by atoms with Crippen molar-refractivity contribution in [3.05, 3.63) is 260 Å². The summed E-state index contributed by atoms with van der Waals surface area (Å²) in [7, 11) is 0. The fourth-order valence-corrected chi connectivity index (χ4v) is 11.6. The number of fused-ring (bicyclic) bond motifs is 11. The maximum atomic E-state index is 5.59. The monoisotopic (exact) mass is 929 g/mol. The van der Waals surface area contributed by atoms with Gasteiger partial charge < -0.3 is 0 Å². The van der Waals surface area contributed by atoms with Crippen LogP contribution >= 0.6 is 0 Å². The Morgan fingerprint density at radius 2 is 0.562 bits per heavy atom. The third-order valence-corrected chi connectivity index (χ3v) is 15.2. The molecule has 342 valence electrons. The van der Waals surface area contributed by atoms with E-state index >= 15 is 0 Å². The molecule has 0 saturated carbocycles.